The Morgan fingerprint density at radius 2 is 1.31 bits per heavy atom. The lowest BCUT2D eigenvalue weighted by molar-refractivity contribution is -0.159. The van der Waals surface area contributed by atoms with Crippen LogP contribution < -0.4 is 32.3 Å². The molecule has 514 valence electrons. The van der Waals surface area contributed by atoms with Crippen LogP contribution in [0.5, 0.6) is 0 Å². The normalized spacial score (nSPS) is 16.7. The molecule has 1 fully saturated rings. The lowest BCUT2D eigenvalue weighted by atomic mass is 9.89. The Labute approximate surface area is 546 Å². The van der Waals surface area contributed by atoms with Gasteiger partial charge >= 0.3 is 18.1 Å². The van der Waals surface area contributed by atoms with Crippen molar-refractivity contribution < 1.29 is 76.5 Å². The molecule has 0 radical (unpaired) electrons. The third-order valence-corrected chi connectivity index (χ3v) is 17.1. The third-order valence-electron chi connectivity index (χ3n) is 17.1. The highest BCUT2D eigenvalue weighted by Gasteiger charge is 2.45. The van der Waals surface area contributed by atoms with E-state index in [0.29, 0.717) is 56.3 Å². The number of esters is 1. The van der Waals surface area contributed by atoms with Crippen molar-refractivity contribution in [1.82, 2.24) is 40.9 Å². The number of hydrogen-bond donors (Lipinski definition) is 6. The van der Waals surface area contributed by atoms with Crippen LogP contribution in [0.3, 0.4) is 0 Å². The number of hydrogen-bond acceptors (Lipinski definition) is 16. The van der Waals surface area contributed by atoms with Crippen LogP contribution in [0.2, 0.25) is 0 Å². The van der Waals surface area contributed by atoms with E-state index in [2.05, 4.69) is 26.6 Å². The highest BCUT2D eigenvalue weighted by Crippen LogP contribution is 2.30. The van der Waals surface area contributed by atoms with Crippen molar-refractivity contribution in [2.24, 2.45) is 35.3 Å². The monoisotopic (exact) mass is 1300 g/mol. The van der Waals surface area contributed by atoms with Crippen LogP contribution in [0.25, 0.3) is 0 Å². The fourth-order valence-electron chi connectivity index (χ4n) is 11.7. The SMILES string of the molecule is CC[C@H](C)C([C@@H](CC(=O)N1CCC[C@H]1[C@H](OC)[C@@H](C)C(=O)C(=O)OCc1ccccc1)OC)N(C)C(=O)[C@@H](NC(=O)[C@H](C(C)C)N(C)C(=O)OCc1ccc(NC(=O)[C@H](CCCNC(N)=O)NC(=O)C(NC(=O)CCCCCN2C(=O)C=CC2=O)C(C)C)cc1)C(C)C. The lowest BCUT2D eigenvalue weighted by Crippen LogP contribution is -2.60. The summed E-state index contributed by atoms with van der Waals surface area (Å²) in [5.74, 6) is -7.85. The van der Waals surface area contributed by atoms with Gasteiger partial charge in [-0.1, -0.05) is 118 Å². The standard InChI is InChI=1S/C67H100N10O16/c1-14-43(8)58(50(90-12)37-54(81)76-36-22-26-49(76)60(91-13)44(9)59(82)65(87)92-38-45-23-17-15-18-24-45)74(10)64(86)56(41(4)5)73-63(85)57(42(6)7)75(11)67(89)93-39-46-28-30-47(31-29-46)70-61(83)48(25-21-34-69-66(68)88)71-62(84)55(40(2)3)72-51(78)27-19-16-20-35-77-52(79)32-33-53(77)80/h15,17-18,23-24,28-33,40-44,48-50,55-58,60H,14,16,19-22,25-27,34-39H2,1-13H3,(H,70,83)(H,71,84)(H,72,78)(H,73,85)(H3,68,69,88)/t43-,44-,48-,49-,50+,55?,56-,57-,58?,60+/m0/s1. The van der Waals surface area contributed by atoms with E-state index in [4.69, 9.17) is 24.7 Å². The molecular formula is C67H100N10O16. The Morgan fingerprint density at radius 1 is 0.688 bits per heavy atom. The molecule has 11 amide bonds. The minimum atomic E-state index is -1.12. The summed E-state index contributed by atoms with van der Waals surface area (Å²) in [6.45, 7) is 16.5. The molecule has 2 aliphatic rings. The van der Waals surface area contributed by atoms with Crippen LogP contribution in [0.15, 0.2) is 66.7 Å². The average Bonchev–Trinajstić information content (AvgIpc) is 1.85. The van der Waals surface area contributed by atoms with Gasteiger partial charge in [-0.3, -0.25) is 53.0 Å². The Balaban J connectivity index is 1.37. The maximum absolute atomic E-state index is 14.8. The van der Waals surface area contributed by atoms with Crippen LogP contribution in [-0.2, 0) is 80.1 Å². The molecular weight excluding hydrogens is 1200 g/mol. The van der Waals surface area contributed by atoms with E-state index in [-0.39, 0.29) is 81.5 Å². The predicted octanol–water partition coefficient (Wildman–Crippen LogP) is 5.15. The van der Waals surface area contributed by atoms with Gasteiger partial charge in [0.25, 0.3) is 11.8 Å². The number of likely N-dealkylation sites (N-methyl/N-ethyl adjacent to an activating group) is 2. The van der Waals surface area contributed by atoms with Crippen molar-refractivity contribution in [3.05, 3.63) is 77.9 Å². The number of rotatable bonds is 38. The summed E-state index contributed by atoms with van der Waals surface area (Å²) in [4.78, 5) is 165. The number of anilines is 1. The number of Topliss-reactive ketones (excluding diaryl/α,β-unsaturated/α-hetero) is 1. The molecule has 7 N–H and O–H groups in total. The first-order chi connectivity index (χ1) is 44.1. The number of amides is 11. The summed E-state index contributed by atoms with van der Waals surface area (Å²) in [5.41, 5.74) is 6.81. The second kappa shape index (κ2) is 38.1. The molecule has 26 nitrogen and oxygen atoms in total. The number of urea groups is 1. The Hall–Kier alpha value is -8.26. The number of benzene rings is 2. The molecule has 0 bridgehead atoms. The maximum Gasteiger partial charge on any atom is 0.410 e. The molecule has 0 spiro atoms. The molecule has 4 rings (SSSR count). The van der Waals surface area contributed by atoms with E-state index in [9.17, 15) is 57.5 Å². The number of imide groups is 1. The van der Waals surface area contributed by atoms with Gasteiger partial charge in [0.2, 0.25) is 41.2 Å². The van der Waals surface area contributed by atoms with Gasteiger partial charge in [0.15, 0.2) is 0 Å². The molecule has 93 heavy (non-hydrogen) atoms. The van der Waals surface area contributed by atoms with Gasteiger partial charge in [0, 0.05) is 72.2 Å². The summed E-state index contributed by atoms with van der Waals surface area (Å²) < 4.78 is 22.9. The second-order valence-corrected chi connectivity index (χ2v) is 25.0. The molecule has 2 unspecified atom stereocenters. The van der Waals surface area contributed by atoms with E-state index in [1.54, 1.807) is 109 Å². The van der Waals surface area contributed by atoms with Crippen molar-refractivity contribution in [1.29, 1.82) is 0 Å². The van der Waals surface area contributed by atoms with Crippen molar-refractivity contribution in [2.45, 2.75) is 188 Å². The minimum Gasteiger partial charge on any atom is -0.455 e. The van der Waals surface area contributed by atoms with Crippen LogP contribution in [0, 0.1) is 29.6 Å². The predicted molar refractivity (Wildman–Crippen MR) is 346 cm³/mol. The van der Waals surface area contributed by atoms with Crippen LogP contribution in [-0.4, -0.2) is 187 Å². The topological polar surface area (TPSA) is 341 Å². The average molecular weight is 1300 g/mol. The first-order valence-electron chi connectivity index (χ1n) is 32.2. The fraction of sp³-hybridized carbons (Fsp3) is 0.612. The Kier molecular flexibility index (Phi) is 31.6. The molecule has 2 heterocycles. The van der Waals surface area contributed by atoms with Gasteiger partial charge in [-0.25, -0.2) is 14.4 Å². The number of ether oxygens (including phenoxy) is 4. The summed E-state index contributed by atoms with van der Waals surface area (Å²) >= 11 is 0. The number of primary amides is 1. The van der Waals surface area contributed by atoms with Gasteiger partial charge < -0.3 is 61.1 Å². The van der Waals surface area contributed by atoms with E-state index in [1.807, 2.05) is 19.9 Å². The van der Waals surface area contributed by atoms with E-state index in [0.717, 1.165) is 15.4 Å². The molecule has 2 aromatic rings. The molecule has 0 saturated carbocycles. The first kappa shape index (κ1) is 77.2. The summed E-state index contributed by atoms with van der Waals surface area (Å²) in [7, 11) is 5.95. The minimum absolute atomic E-state index is 0.0742. The molecule has 1 saturated heterocycles. The molecule has 0 aliphatic carbocycles. The number of nitrogens with zero attached hydrogens (tertiary/aromatic N) is 4. The maximum atomic E-state index is 14.8. The third kappa shape index (κ3) is 23.1. The number of nitrogens with one attached hydrogen (secondary N) is 5. The Morgan fingerprint density at radius 3 is 1.89 bits per heavy atom. The molecule has 0 aromatic heterocycles. The van der Waals surface area contributed by atoms with E-state index in [1.165, 1.54) is 38.3 Å². The largest absolute Gasteiger partial charge is 0.455 e. The highest BCUT2D eigenvalue weighted by atomic mass is 16.6. The smallest absolute Gasteiger partial charge is 0.410 e. The molecule has 2 aliphatic heterocycles. The van der Waals surface area contributed by atoms with Gasteiger partial charge in [0.05, 0.1) is 36.6 Å². The molecule has 10 atom stereocenters. The molecule has 26 heteroatoms. The zero-order valence-corrected chi connectivity index (χ0v) is 56.4. The Bertz CT molecular complexity index is 2890. The van der Waals surface area contributed by atoms with Crippen molar-refractivity contribution in [2.75, 3.05) is 53.3 Å². The summed E-state index contributed by atoms with van der Waals surface area (Å²) in [6, 6.07) is 9.10. The van der Waals surface area contributed by atoms with Crippen LogP contribution in [0.1, 0.15) is 138 Å². The van der Waals surface area contributed by atoms with Crippen molar-refractivity contribution in [3.63, 3.8) is 0 Å². The number of carbonyl (C=O) groups is 12. The van der Waals surface area contributed by atoms with Gasteiger partial charge in [-0.05, 0) is 85.5 Å². The molecule has 2 aromatic carbocycles. The van der Waals surface area contributed by atoms with Gasteiger partial charge in [-0.15, -0.1) is 0 Å². The van der Waals surface area contributed by atoms with Crippen LogP contribution in [0.4, 0.5) is 15.3 Å². The van der Waals surface area contributed by atoms with Gasteiger partial charge in [-0.2, -0.15) is 0 Å². The van der Waals surface area contributed by atoms with Crippen LogP contribution >= 0.6 is 0 Å². The summed E-state index contributed by atoms with van der Waals surface area (Å²) in [6.07, 6.45) is 3.49. The number of ketones is 1. The number of carbonyl (C=O) groups excluding carboxylic acids is 12. The number of unbranched alkanes of at least 4 members (excludes halogenated alkanes) is 2. The number of nitrogens with two attached hydrogens (primary N) is 1. The zero-order chi connectivity index (χ0) is 69.2. The summed E-state index contributed by atoms with van der Waals surface area (Å²) in [5, 5.41) is 13.7. The van der Waals surface area contributed by atoms with E-state index >= 15 is 0 Å². The lowest BCUT2D eigenvalue weighted by Gasteiger charge is -2.41. The van der Waals surface area contributed by atoms with Crippen molar-refractivity contribution in [3.8, 4) is 0 Å². The number of likely N-dealkylation sites (tertiary alicyclic amines) is 1. The fourth-order valence-corrected chi connectivity index (χ4v) is 11.7. The quantitative estimate of drug-likeness (QED) is 0.0219. The number of methoxy groups -OCH3 is 2. The van der Waals surface area contributed by atoms with E-state index < -0.39 is 120 Å². The van der Waals surface area contributed by atoms with Crippen molar-refractivity contribution >= 4 is 76.8 Å². The highest BCUT2D eigenvalue weighted by molar-refractivity contribution is 6.34. The zero-order valence-electron chi connectivity index (χ0n) is 56.4. The second-order valence-electron chi connectivity index (χ2n) is 25.0. The first-order valence-corrected chi connectivity index (χ1v) is 32.2. The van der Waals surface area contributed by atoms with Gasteiger partial charge in [0.1, 0.15) is 37.4 Å².